The van der Waals surface area contributed by atoms with Crippen LogP contribution in [0.3, 0.4) is 0 Å². The average molecular weight is 323 g/mol. The standard InChI is InChI=1S/C20H21NO3/c1-11-15(22-3)5-4-12-8-14-18-13(6-7-21(14)2)9-16-20(24-10-23-16)19(18)17(11)12/h4-5,9,14H,6-8,10H2,1-3H3/t14-/m1/s1. The van der Waals surface area contributed by atoms with Crippen LogP contribution in [0, 0.1) is 6.92 Å². The first kappa shape index (κ1) is 14.2. The van der Waals surface area contributed by atoms with Crippen molar-refractivity contribution < 1.29 is 14.2 Å². The van der Waals surface area contributed by atoms with E-state index in [2.05, 4.69) is 37.1 Å². The van der Waals surface area contributed by atoms with Crippen LogP contribution in [0.4, 0.5) is 0 Å². The summed E-state index contributed by atoms with van der Waals surface area (Å²) >= 11 is 0. The number of likely N-dealkylation sites (N-methyl/N-ethyl adjacent to an activating group) is 1. The van der Waals surface area contributed by atoms with E-state index in [0.717, 1.165) is 36.6 Å². The van der Waals surface area contributed by atoms with Crippen LogP contribution in [0.1, 0.15) is 28.3 Å². The Morgan fingerprint density at radius 3 is 2.88 bits per heavy atom. The molecule has 0 fully saturated rings. The maximum Gasteiger partial charge on any atom is 0.231 e. The first-order valence-electron chi connectivity index (χ1n) is 8.51. The van der Waals surface area contributed by atoms with Gasteiger partial charge in [0.15, 0.2) is 11.5 Å². The van der Waals surface area contributed by atoms with E-state index in [9.17, 15) is 0 Å². The Bertz CT molecular complexity index is 859. The van der Waals surface area contributed by atoms with Crippen molar-refractivity contribution in [2.45, 2.75) is 25.8 Å². The zero-order chi connectivity index (χ0) is 16.4. The van der Waals surface area contributed by atoms with Crippen LogP contribution in [0.5, 0.6) is 17.2 Å². The summed E-state index contributed by atoms with van der Waals surface area (Å²) in [4.78, 5) is 2.47. The zero-order valence-electron chi connectivity index (χ0n) is 14.3. The van der Waals surface area contributed by atoms with Crippen LogP contribution in [0.25, 0.3) is 11.1 Å². The maximum atomic E-state index is 5.91. The topological polar surface area (TPSA) is 30.9 Å². The largest absolute Gasteiger partial charge is 0.496 e. The third kappa shape index (κ3) is 1.72. The van der Waals surface area contributed by atoms with Gasteiger partial charge in [-0.3, -0.25) is 4.90 Å². The van der Waals surface area contributed by atoms with Gasteiger partial charge in [-0.1, -0.05) is 6.07 Å². The molecule has 0 saturated carbocycles. The molecule has 1 aliphatic carbocycles. The highest BCUT2D eigenvalue weighted by Crippen LogP contribution is 2.55. The molecule has 2 aliphatic heterocycles. The van der Waals surface area contributed by atoms with E-state index in [1.165, 1.54) is 33.4 Å². The van der Waals surface area contributed by atoms with Crippen molar-refractivity contribution in [2.75, 3.05) is 27.5 Å². The molecule has 5 rings (SSSR count). The van der Waals surface area contributed by atoms with Gasteiger partial charge in [-0.25, -0.2) is 0 Å². The second-order valence-electron chi connectivity index (χ2n) is 6.94. The minimum Gasteiger partial charge on any atom is -0.496 e. The van der Waals surface area contributed by atoms with E-state index in [0.29, 0.717) is 12.8 Å². The molecule has 4 heteroatoms. The number of hydrogen-bond acceptors (Lipinski definition) is 4. The van der Waals surface area contributed by atoms with Gasteiger partial charge in [0.05, 0.1) is 7.11 Å². The van der Waals surface area contributed by atoms with Gasteiger partial charge in [0, 0.05) is 18.2 Å². The number of ether oxygens (including phenoxy) is 3. The highest BCUT2D eigenvalue weighted by molar-refractivity contribution is 5.86. The van der Waals surface area contributed by atoms with Gasteiger partial charge in [-0.05, 0) is 66.8 Å². The molecule has 0 unspecified atom stereocenters. The Morgan fingerprint density at radius 2 is 2.04 bits per heavy atom. The highest BCUT2D eigenvalue weighted by Gasteiger charge is 2.38. The highest BCUT2D eigenvalue weighted by atomic mass is 16.7. The molecule has 124 valence electrons. The monoisotopic (exact) mass is 323 g/mol. The molecular formula is C20H21NO3. The van der Waals surface area contributed by atoms with Crippen molar-refractivity contribution in [3.63, 3.8) is 0 Å². The third-order valence-electron chi connectivity index (χ3n) is 5.77. The molecule has 24 heavy (non-hydrogen) atoms. The van der Waals surface area contributed by atoms with Crippen LogP contribution in [-0.4, -0.2) is 32.4 Å². The summed E-state index contributed by atoms with van der Waals surface area (Å²) < 4.78 is 17.2. The van der Waals surface area contributed by atoms with E-state index in [-0.39, 0.29) is 0 Å². The summed E-state index contributed by atoms with van der Waals surface area (Å²) in [7, 11) is 3.96. The molecule has 3 aliphatic rings. The molecule has 2 aromatic carbocycles. The van der Waals surface area contributed by atoms with Crippen LogP contribution < -0.4 is 14.2 Å². The lowest BCUT2D eigenvalue weighted by atomic mass is 9.75. The van der Waals surface area contributed by atoms with Gasteiger partial charge < -0.3 is 14.2 Å². The molecule has 0 bridgehead atoms. The Morgan fingerprint density at radius 1 is 1.17 bits per heavy atom. The van der Waals surface area contributed by atoms with E-state index in [1.54, 1.807) is 7.11 Å². The van der Waals surface area contributed by atoms with E-state index in [1.807, 2.05) is 0 Å². The molecule has 2 aromatic rings. The molecule has 0 spiro atoms. The minimum atomic E-state index is 0.310. The van der Waals surface area contributed by atoms with E-state index >= 15 is 0 Å². The smallest absolute Gasteiger partial charge is 0.231 e. The van der Waals surface area contributed by atoms with Gasteiger partial charge in [0.2, 0.25) is 6.79 Å². The van der Waals surface area contributed by atoms with Crippen molar-refractivity contribution in [2.24, 2.45) is 0 Å². The van der Waals surface area contributed by atoms with E-state index < -0.39 is 0 Å². The summed E-state index contributed by atoms with van der Waals surface area (Å²) in [5, 5.41) is 0. The van der Waals surface area contributed by atoms with Crippen molar-refractivity contribution >= 4 is 0 Å². The van der Waals surface area contributed by atoms with Crippen molar-refractivity contribution in [1.82, 2.24) is 4.90 Å². The number of benzene rings is 2. The average Bonchev–Trinajstić information content (AvgIpc) is 3.06. The third-order valence-corrected chi connectivity index (χ3v) is 5.77. The molecule has 4 nitrogen and oxygen atoms in total. The molecule has 1 atom stereocenters. The second-order valence-corrected chi connectivity index (χ2v) is 6.94. The van der Waals surface area contributed by atoms with Gasteiger partial charge in [0.1, 0.15) is 5.75 Å². The zero-order valence-corrected chi connectivity index (χ0v) is 14.3. The quantitative estimate of drug-likeness (QED) is 0.804. The Balaban J connectivity index is 1.88. The molecule has 0 radical (unpaired) electrons. The minimum absolute atomic E-state index is 0.310. The maximum absolute atomic E-state index is 5.91. The van der Waals surface area contributed by atoms with Crippen LogP contribution in [0.15, 0.2) is 18.2 Å². The van der Waals surface area contributed by atoms with Crippen molar-refractivity contribution in [1.29, 1.82) is 0 Å². The fourth-order valence-corrected chi connectivity index (χ4v) is 4.57. The lowest BCUT2D eigenvalue weighted by Gasteiger charge is -2.40. The first-order chi connectivity index (χ1) is 11.7. The summed E-state index contributed by atoms with van der Waals surface area (Å²) in [6, 6.07) is 6.91. The van der Waals surface area contributed by atoms with E-state index in [4.69, 9.17) is 14.2 Å². The van der Waals surface area contributed by atoms with Gasteiger partial charge in [-0.15, -0.1) is 0 Å². The second kappa shape index (κ2) is 4.90. The van der Waals surface area contributed by atoms with Crippen LogP contribution in [-0.2, 0) is 12.8 Å². The number of fused-ring (bicyclic) bond motifs is 4. The Hall–Kier alpha value is -2.20. The lowest BCUT2D eigenvalue weighted by molar-refractivity contribution is 0.174. The lowest BCUT2D eigenvalue weighted by Crippen LogP contribution is -2.35. The Kier molecular flexibility index (Phi) is 2.89. The predicted molar refractivity (Wildman–Crippen MR) is 92.1 cm³/mol. The van der Waals surface area contributed by atoms with Gasteiger partial charge >= 0.3 is 0 Å². The summed E-state index contributed by atoms with van der Waals surface area (Å²) in [5.74, 6) is 2.73. The fraction of sp³-hybridized carbons (Fsp3) is 0.400. The van der Waals surface area contributed by atoms with Crippen molar-refractivity contribution in [3.8, 4) is 28.4 Å². The molecular weight excluding hydrogens is 302 g/mol. The molecule has 0 aromatic heterocycles. The SMILES string of the molecule is COc1ccc2c(c1C)-c1c3c(cc4c1[C@@H](C2)N(C)CC4)OCO3. The molecule has 0 saturated heterocycles. The predicted octanol–water partition coefficient (Wildman–Crippen LogP) is 3.48. The fourth-order valence-electron chi connectivity index (χ4n) is 4.57. The normalized spacial score (nSPS) is 20.5. The number of hydrogen-bond donors (Lipinski definition) is 0. The number of rotatable bonds is 1. The molecule has 2 heterocycles. The van der Waals surface area contributed by atoms with Gasteiger partial charge in [0.25, 0.3) is 0 Å². The Labute approximate surface area is 141 Å². The molecule has 0 N–H and O–H groups in total. The molecule has 0 amide bonds. The number of methoxy groups -OCH3 is 1. The summed E-state index contributed by atoms with van der Waals surface area (Å²) in [6.45, 7) is 3.54. The summed E-state index contributed by atoms with van der Waals surface area (Å²) in [5.41, 5.74) is 7.90. The van der Waals surface area contributed by atoms with Crippen molar-refractivity contribution in [3.05, 3.63) is 40.5 Å². The van der Waals surface area contributed by atoms with Gasteiger partial charge in [-0.2, -0.15) is 0 Å². The van der Waals surface area contributed by atoms with Crippen LogP contribution in [0.2, 0.25) is 0 Å². The van der Waals surface area contributed by atoms with Crippen LogP contribution >= 0.6 is 0 Å². The number of nitrogens with zero attached hydrogens (tertiary/aromatic N) is 1. The summed E-state index contributed by atoms with van der Waals surface area (Å²) in [6.07, 6.45) is 2.10. The first-order valence-corrected chi connectivity index (χ1v) is 8.51.